The summed E-state index contributed by atoms with van der Waals surface area (Å²) in [5.41, 5.74) is 15.1. The average molecular weight is 630 g/mol. The third-order valence-electron chi connectivity index (χ3n) is 11.3. The molecule has 2 aliphatic rings. The Morgan fingerprint density at radius 3 is 1.92 bits per heavy atom. The van der Waals surface area contributed by atoms with Crippen molar-refractivity contribution in [2.45, 2.75) is 46.0 Å². The molecule has 234 valence electrons. The van der Waals surface area contributed by atoms with Gasteiger partial charge >= 0.3 is 0 Å². The number of benzene rings is 5. The highest BCUT2D eigenvalue weighted by atomic mass is 14.8. The van der Waals surface area contributed by atoms with Crippen LogP contribution in [0.4, 0.5) is 0 Å². The van der Waals surface area contributed by atoms with Crippen molar-refractivity contribution in [2.24, 2.45) is 0 Å². The lowest BCUT2D eigenvalue weighted by molar-refractivity contribution is 0.661. The topological polar surface area (TPSA) is 38.7 Å². The zero-order valence-electron chi connectivity index (χ0n) is 28.2. The molecule has 49 heavy (non-hydrogen) atoms. The molecule has 3 nitrogen and oxygen atoms in total. The normalized spacial score (nSPS) is 14.4. The van der Waals surface area contributed by atoms with Gasteiger partial charge in [0.1, 0.15) is 0 Å². The molecule has 0 saturated carbocycles. The first-order valence-corrected chi connectivity index (χ1v) is 17.4. The largest absolute Gasteiger partial charge is 0.254 e. The highest BCUT2D eigenvalue weighted by Crippen LogP contribution is 2.51. The summed E-state index contributed by atoms with van der Waals surface area (Å²) in [7, 11) is 0. The number of pyridine rings is 3. The van der Waals surface area contributed by atoms with E-state index in [1.54, 1.807) is 0 Å². The monoisotopic (exact) mass is 629 g/mol. The van der Waals surface area contributed by atoms with Crippen molar-refractivity contribution < 1.29 is 0 Å². The van der Waals surface area contributed by atoms with Crippen LogP contribution in [0.15, 0.2) is 103 Å². The maximum atomic E-state index is 5.45. The number of rotatable bonds is 2. The Balaban J connectivity index is 1.38. The second-order valence-corrected chi connectivity index (χ2v) is 14.4. The van der Waals surface area contributed by atoms with E-state index in [0.717, 1.165) is 51.6 Å². The van der Waals surface area contributed by atoms with Crippen LogP contribution < -0.4 is 10.4 Å². The standard InChI is InChI=1S/C46H35N3/c1-26-15-16-29-19-21-39(48-43(29)27(26)2)41-32-12-5-6-13-33(32)42(40-22-20-30-18-17-28-10-9-23-47-44(28)45(30)49-40)36-25-38-34(24-35(36)41)31-11-7-8-14-37(31)46(38,3)4/h7-25H,5-6H2,1-4H3. The van der Waals surface area contributed by atoms with E-state index in [1.807, 2.05) is 12.3 Å². The Morgan fingerprint density at radius 1 is 0.551 bits per heavy atom. The van der Waals surface area contributed by atoms with Crippen LogP contribution in [0.2, 0.25) is 0 Å². The van der Waals surface area contributed by atoms with Gasteiger partial charge in [0.05, 0.1) is 27.9 Å². The fourth-order valence-electron chi connectivity index (χ4n) is 8.59. The van der Waals surface area contributed by atoms with Gasteiger partial charge < -0.3 is 0 Å². The Morgan fingerprint density at radius 2 is 1.16 bits per heavy atom. The van der Waals surface area contributed by atoms with Crippen molar-refractivity contribution in [3.05, 3.63) is 136 Å². The Labute approximate surface area is 285 Å². The maximum Gasteiger partial charge on any atom is 0.0972 e. The first-order valence-electron chi connectivity index (χ1n) is 17.4. The van der Waals surface area contributed by atoms with Crippen molar-refractivity contribution in [1.82, 2.24) is 15.0 Å². The first kappa shape index (κ1) is 28.4. The van der Waals surface area contributed by atoms with Gasteiger partial charge in [-0.05, 0) is 112 Å². The minimum atomic E-state index is -0.129. The summed E-state index contributed by atoms with van der Waals surface area (Å²) in [5, 5.41) is 8.34. The third kappa shape index (κ3) is 3.99. The molecule has 0 bridgehead atoms. The molecule has 0 atom stereocenters. The average Bonchev–Trinajstić information content (AvgIpc) is 3.36. The van der Waals surface area contributed by atoms with Crippen LogP contribution in [0.25, 0.3) is 89.3 Å². The van der Waals surface area contributed by atoms with Gasteiger partial charge in [-0.3, -0.25) is 4.98 Å². The molecule has 0 aliphatic heterocycles. The molecule has 2 aliphatic carbocycles. The van der Waals surface area contributed by atoms with Crippen molar-refractivity contribution in [3.63, 3.8) is 0 Å². The molecular weight excluding hydrogens is 595 g/mol. The summed E-state index contributed by atoms with van der Waals surface area (Å²) in [5.74, 6) is 0. The van der Waals surface area contributed by atoms with Crippen LogP contribution in [0.3, 0.4) is 0 Å². The number of hydrogen-bond acceptors (Lipinski definition) is 3. The summed E-state index contributed by atoms with van der Waals surface area (Å²) in [4.78, 5) is 15.7. The predicted molar refractivity (Wildman–Crippen MR) is 205 cm³/mol. The second-order valence-electron chi connectivity index (χ2n) is 14.4. The van der Waals surface area contributed by atoms with Crippen LogP contribution >= 0.6 is 0 Å². The van der Waals surface area contributed by atoms with E-state index in [-0.39, 0.29) is 5.41 Å². The summed E-state index contributed by atoms with van der Waals surface area (Å²) in [6, 6.07) is 35.6. The van der Waals surface area contributed by atoms with E-state index in [2.05, 4.69) is 131 Å². The van der Waals surface area contributed by atoms with Crippen molar-refractivity contribution in [1.29, 1.82) is 0 Å². The smallest absolute Gasteiger partial charge is 0.0972 e. The SMILES string of the molecule is Cc1ccc2ccc(-c3c4c(c(-c5ccc6ccc7cccnc7c6n5)c5cc6c(cc35)-c3ccccc3C6(C)C)=CCCC=4)nc2c1C. The fourth-order valence-corrected chi connectivity index (χ4v) is 8.59. The van der Waals surface area contributed by atoms with Crippen LogP contribution in [0.1, 0.15) is 48.9 Å². The number of nitrogens with zero attached hydrogens (tertiary/aromatic N) is 3. The van der Waals surface area contributed by atoms with Crippen LogP contribution in [0.5, 0.6) is 0 Å². The lowest BCUT2D eigenvalue weighted by Gasteiger charge is -2.23. The second kappa shape index (κ2) is 10.2. The van der Waals surface area contributed by atoms with Crippen molar-refractivity contribution in [3.8, 4) is 33.6 Å². The van der Waals surface area contributed by atoms with Gasteiger partial charge in [0.15, 0.2) is 0 Å². The third-order valence-corrected chi connectivity index (χ3v) is 11.3. The van der Waals surface area contributed by atoms with Crippen molar-refractivity contribution >= 4 is 55.6 Å². The zero-order chi connectivity index (χ0) is 33.0. The van der Waals surface area contributed by atoms with E-state index in [0.29, 0.717) is 0 Å². The first-order chi connectivity index (χ1) is 23.9. The van der Waals surface area contributed by atoms with Gasteiger partial charge in [0, 0.05) is 38.9 Å². The molecule has 0 saturated heterocycles. The maximum absolute atomic E-state index is 5.45. The summed E-state index contributed by atoms with van der Waals surface area (Å²) < 4.78 is 0. The highest BCUT2D eigenvalue weighted by molar-refractivity contribution is 6.10. The number of hydrogen-bond donors (Lipinski definition) is 0. The van der Waals surface area contributed by atoms with Gasteiger partial charge in [0.2, 0.25) is 0 Å². The lowest BCUT2D eigenvalue weighted by atomic mass is 9.80. The Hall–Kier alpha value is -5.67. The van der Waals surface area contributed by atoms with E-state index in [4.69, 9.17) is 15.0 Å². The number of aryl methyl sites for hydroxylation is 2. The molecular formula is C46H35N3. The number of aromatic nitrogens is 3. The molecule has 0 amide bonds. The number of fused-ring (bicyclic) bond motifs is 9. The van der Waals surface area contributed by atoms with Gasteiger partial charge in [0.25, 0.3) is 0 Å². The van der Waals surface area contributed by atoms with E-state index >= 15 is 0 Å². The van der Waals surface area contributed by atoms with Gasteiger partial charge in [-0.1, -0.05) is 92.7 Å². The van der Waals surface area contributed by atoms with Crippen LogP contribution in [-0.4, -0.2) is 15.0 Å². The van der Waals surface area contributed by atoms with E-state index < -0.39 is 0 Å². The van der Waals surface area contributed by atoms with E-state index in [1.165, 1.54) is 71.1 Å². The van der Waals surface area contributed by atoms with Crippen molar-refractivity contribution in [2.75, 3.05) is 0 Å². The fraction of sp³-hybridized carbons (Fsp3) is 0.152. The van der Waals surface area contributed by atoms with Gasteiger partial charge in [-0.2, -0.15) is 0 Å². The Kier molecular flexibility index (Phi) is 5.88. The summed E-state index contributed by atoms with van der Waals surface area (Å²) in [6.07, 6.45) is 8.73. The molecule has 0 unspecified atom stereocenters. The van der Waals surface area contributed by atoms with Crippen LogP contribution in [-0.2, 0) is 5.41 Å². The molecule has 3 aromatic heterocycles. The quantitative estimate of drug-likeness (QED) is 0.179. The lowest BCUT2D eigenvalue weighted by Crippen LogP contribution is -2.32. The molecule has 8 aromatic rings. The summed E-state index contributed by atoms with van der Waals surface area (Å²) >= 11 is 0. The minimum absolute atomic E-state index is 0.129. The molecule has 3 heteroatoms. The molecule has 0 radical (unpaired) electrons. The zero-order valence-corrected chi connectivity index (χ0v) is 28.2. The molecule has 10 rings (SSSR count). The molecule has 0 fully saturated rings. The molecule has 5 aromatic carbocycles. The summed E-state index contributed by atoms with van der Waals surface area (Å²) in [6.45, 7) is 9.10. The highest BCUT2D eigenvalue weighted by Gasteiger charge is 2.36. The Bertz CT molecular complexity index is 2880. The molecule has 0 N–H and O–H groups in total. The van der Waals surface area contributed by atoms with E-state index in [9.17, 15) is 0 Å². The van der Waals surface area contributed by atoms with Gasteiger partial charge in [-0.25, -0.2) is 9.97 Å². The van der Waals surface area contributed by atoms with Gasteiger partial charge in [-0.15, -0.1) is 0 Å². The predicted octanol–water partition coefficient (Wildman–Crippen LogP) is 10.1. The minimum Gasteiger partial charge on any atom is -0.254 e. The molecule has 3 heterocycles. The molecule has 0 spiro atoms. The van der Waals surface area contributed by atoms with Crippen LogP contribution in [0, 0.1) is 13.8 Å².